The zero-order valence-electron chi connectivity index (χ0n) is 12.1. The molecular formula is C15H25N3. The van der Waals surface area contributed by atoms with Crippen LogP contribution in [-0.4, -0.2) is 24.1 Å². The third-order valence-electron chi connectivity index (χ3n) is 3.66. The molecule has 1 saturated carbocycles. The maximum atomic E-state index is 4.76. The molecule has 1 aliphatic carbocycles. The van der Waals surface area contributed by atoms with Crippen molar-refractivity contribution in [3.05, 3.63) is 22.9 Å². The Labute approximate surface area is 111 Å². The van der Waals surface area contributed by atoms with Crippen molar-refractivity contribution in [1.29, 1.82) is 0 Å². The summed E-state index contributed by atoms with van der Waals surface area (Å²) in [6.45, 7) is 11.7. The van der Waals surface area contributed by atoms with E-state index in [1.807, 2.05) is 0 Å². The number of nitrogens with zero attached hydrogens (tertiary/aromatic N) is 2. The molecule has 0 aromatic carbocycles. The lowest BCUT2D eigenvalue weighted by molar-refractivity contribution is 0.677. The quantitative estimate of drug-likeness (QED) is 0.838. The van der Waals surface area contributed by atoms with E-state index in [1.54, 1.807) is 0 Å². The van der Waals surface area contributed by atoms with Crippen LogP contribution in [0.2, 0.25) is 0 Å². The molecule has 1 aliphatic rings. The molecule has 1 heterocycles. The fraction of sp³-hybridized carbons (Fsp3) is 0.667. The van der Waals surface area contributed by atoms with Crippen molar-refractivity contribution >= 4 is 5.82 Å². The van der Waals surface area contributed by atoms with Crippen LogP contribution in [0, 0.1) is 13.8 Å². The minimum Gasteiger partial charge on any atom is -0.357 e. The van der Waals surface area contributed by atoms with E-state index < -0.39 is 0 Å². The highest BCUT2D eigenvalue weighted by molar-refractivity contribution is 5.51. The van der Waals surface area contributed by atoms with Crippen molar-refractivity contribution in [1.82, 2.24) is 10.3 Å². The number of aromatic nitrogens is 1. The van der Waals surface area contributed by atoms with Crippen molar-refractivity contribution in [3.8, 4) is 0 Å². The zero-order chi connectivity index (χ0) is 13.1. The molecule has 0 amide bonds. The second kappa shape index (κ2) is 5.70. The normalized spacial score (nSPS) is 14.9. The average Bonchev–Trinajstić information content (AvgIpc) is 3.13. The molecule has 0 saturated heterocycles. The molecule has 0 spiro atoms. The molecule has 100 valence electrons. The second-order valence-electron chi connectivity index (χ2n) is 5.21. The van der Waals surface area contributed by atoms with Crippen LogP contribution < -0.4 is 10.2 Å². The highest BCUT2D eigenvalue weighted by Gasteiger charge is 2.22. The smallest absolute Gasteiger partial charge is 0.133 e. The maximum absolute atomic E-state index is 4.76. The molecule has 0 radical (unpaired) electrons. The predicted molar refractivity (Wildman–Crippen MR) is 77.1 cm³/mol. The van der Waals surface area contributed by atoms with Crippen molar-refractivity contribution in [2.24, 2.45) is 0 Å². The molecule has 3 heteroatoms. The van der Waals surface area contributed by atoms with Gasteiger partial charge in [0.2, 0.25) is 0 Å². The van der Waals surface area contributed by atoms with Gasteiger partial charge in [-0.1, -0.05) is 0 Å². The van der Waals surface area contributed by atoms with Crippen LogP contribution in [0.4, 0.5) is 5.82 Å². The third kappa shape index (κ3) is 3.02. The van der Waals surface area contributed by atoms with Crippen LogP contribution in [-0.2, 0) is 6.54 Å². The van der Waals surface area contributed by atoms with Gasteiger partial charge < -0.3 is 10.2 Å². The Bertz CT molecular complexity index is 406. The van der Waals surface area contributed by atoms with Crippen LogP contribution >= 0.6 is 0 Å². The minimum absolute atomic E-state index is 0.746. The lowest BCUT2D eigenvalue weighted by Gasteiger charge is -2.24. The van der Waals surface area contributed by atoms with Crippen molar-refractivity contribution < 1.29 is 0 Å². The molecule has 0 aliphatic heterocycles. The Morgan fingerprint density at radius 3 is 2.50 bits per heavy atom. The summed E-state index contributed by atoms with van der Waals surface area (Å²) in [5, 5.41) is 3.61. The van der Waals surface area contributed by atoms with E-state index >= 15 is 0 Å². The van der Waals surface area contributed by atoms with E-state index in [0.29, 0.717) is 0 Å². The first-order valence-corrected chi connectivity index (χ1v) is 7.11. The lowest BCUT2D eigenvalue weighted by Crippen LogP contribution is -2.27. The molecule has 1 aromatic heterocycles. The van der Waals surface area contributed by atoms with Gasteiger partial charge in [0.1, 0.15) is 5.82 Å². The molecule has 18 heavy (non-hydrogen) atoms. The number of rotatable bonds is 6. The van der Waals surface area contributed by atoms with Gasteiger partial charge in [-0.15, -0.1) is 0 Å². The van der Waals surface area contributed by atoms with Crippen molar-refractivity contribution in [2.75, 3.05) is 18.0 Å². The van der Waals surface area contributed by atoms with Crippen LogP contribution in [0.15, 0.2) is 6.07 Å². The summed E-state index contributed by atoms with van der Waals surface area (Å²) >= 11 is 0. The van der Waals surface area contributed by atoms with E-state index in [2.05, 4.69) is 44.0 Å². The molecule has 1 aromatic rings. The summed E-state index contributed by atoms with van der Waals surface area (Å²) in [5.74, 6) is 1.17. The molecule has 3 nitrogen and oxygen atoms in total. The predicted octanol–water partition coefficient (Wildman–Crippen LogP) is 2.80. The van der Waals surface area contributed by atoms with E-state index in [1.165, 1.54) is 29.8 Å². The van der Waals surface area contributed by atoms with E-state index in [4.69, 9.17) is 4.98 Å². The molecule has 0 unspecified atom stereocenters. The van der Waals surface area contributed by atoms with Gasteiger partial charge in [0, 0.05) is 36.9 Å². The van der Waals surface area contributed by atoms with Gasteiger partial charge in [-0.25, -0.2) is 4.98 Å². The highest BCUT2D eigenvalue weighted by Crippen LogP contribution is 2.25. The Hall–Kier alpha value is -1.09. The summed E-state index contributed by atoms with van der Waals surface area (Å²) in [4.78, 5) is 7.11. The fourth-order valence-corrected chi connectivity index (χ4v) is 2.38. The third-order valence-corrected chi connectivity index (χ3v) is 3.66. The number of nitrogens with one attached hydrogen (secondary N) is 1. The first kappa shape index (κ1) is 13.3. The van der Waals surface area contributed by atoms with Crippen LogP contribution in [0.5, 0.6) is 0 Å². The van der Waals surface area contributed by atoms with Gasteiger partial charge in [-0.05, 0) is 52.2 Å². The summed E-state index contributed by atoms with van der Waals surface area (Å²) in [6, 6.07) is 2.94. The molecular weight excluding hydrogens is 222 g/mol. The summed E-state index contributed by atoms with van der Waals surface area (Å²) in [5.41, 5.74) is 3.85. The van der Waals surface area contributed by atoms with Gasteiger partial charge in [-0.3, -0.25) is 0 Å². The summed E-state index contributed by atoms with van der Waals surface area (Å²) in [6.07, 6.45) is 2.66. The standard InChI is InChI=1S/C15H25N3/c1-5-18(6-2)15-14(10-16-13-7-8-13)11(3)9-12(4)17-15/h9,13,16H,5-8,10H2,1-4H3. The topological polar surface area (TPSA) is 28.2 Å². The Morgan fingerprint density at radius 1 is 1.28 bits per heavy atom. The monoisotopic (exact) mass is 247 g/mol. The minimum atomic E-state index is 0.746. The summed E-state index contributed by atoms with van der Waals surface area (Å²) < 4.78 is 0. The second-order valence-corrected chi connectivity index (χ2v) is 5.21. The molecule has 1 fully saturated rings. The van der Waals surface area contributed by atoms with Crippen molar-refractivity contribution in [3.63, 3.8) is 0 Å². The Balaban J connectivity index is 2.27. The van der Waals surface area contributed by atoms with Gasteiger partial charge in [-0.2, -0.15) is 0 Å². The van der Waals surface area contributed by atoms with Crippen LogP contribution in [0.25, 0.3) is 0 Å². The summed E-state index contributed by atoms with van der Waals surface area (Å²) in [7, 11) is 0. The molecule has 0 atom stereocenters. The van der Waals surface area contributed by atoms with Gasteiger partial charge in [0.15, 0.2) is 0 Å². The molecule has 0 bridgehead atoms. The molecule has 1 N–H and O–H groups in total. The lowest BCUT2D eigenvalue weighted by atomic mass is 10.1. The number of aryl methyl sites for hydroxylation is 2. The first-order valence-electron chi connectivity index (χ1n) is 7.11. The molecule has 2 rings (SSSR count). The van der Waals surface area contributed by atoms with Gasteiger partial charge in [0.25, 0.3) is 0 Å². The largest absolute Gasteiger partial charge is 0.357 e. The first-order chi connectivity index (χ1) is 8.65. The maximum Gasteiger partial charge on any atom is 0.133 e. The van der Waals surface area contributed by atoms with E-state index in [-0.39, 0.29) is 0 Å². The number of anilines is 1. The van der Waals surface area contributed by atoms with Crippen LogP contribution in [0.1, 0.15) is 43.5 Å². The number of hydrogen-bond acceptors (Lipinski definition) is 3. The van der Waals surface area contributed by atoms with E-state index in [0.717, 1.165) is 31.4 Å². The fourth-order valence-electron chi connectivity index (χ4n) is 2.38. The Kier molecular flexibility index (Phi) is 4.23. The van der Waals surface area contributed by atoms with Crippen molar-refractivity contribution in [2.45, 2.75) is 53.1 Å². The number of hydrogen-bond donors (Lipinski definition) is 1. The van der Waals surface area contributed by atoms with Gasteiger partial charge in [0.05, 0.1) is 0 Å². The SMILES string of the molecule is CCN(CC)c1nc(C)cc(C)c1CNC1CC1. The number of pyridine rings is 1. The van der Waals surface area contributed by atoms with E-state index in [9.17, 15) is 0 Å². The average molecular weight is 247 g/mol. The van der Waals surface area contributed by atoms with Crippen LogP contribution in [0.3, 0.4) is 0 Å². The Morgan fingerprint density at radius 2 is 1.94 bits per heavy atom. The highest BCUT2D eigenvalue weighted by atomic mass is 15.2. The zero-order valence-corrected chi connectivity index (χ0v) is 12.1. The van der Waals surface area contributed by atoms with Gasteiger partial charge >= 0.3 is 0 Å².